The Kier molecular flexibility index (Phi) is 62.7. The molecule has 6 heteroatoms. The summed E-state index contributed by atoms with van der Waals surface area (Å²) in [5.74, 6) is -0.891. The van der Waals surface area contributed by atoms with Gasteiger partial charge in [0.1, 0.15) is 13.2 Å². The summed E-state index contributed by atoms with van der Waals surface area (Å²) in [6.45, 7) is 6.52. The molecule has 0 fully saturated rings. The lowest BCUT2D eigenvalue weighted by atomic mass is 10.1. The van der Waals surface area contributed by atoms with E-state index in [9.17, 15) is 14.4 Å². The van der Waals surface area contributed by atoms with Crippen LogP contribution in [0.25, 0.3) is 0 Å². The molecule has 0 N–H and O–H groups in total. The molecule has 0 radical (unpaired) electrons. The van der Waals surface area contributed by atoms with Crippen molar-refractivity contribution in [3.8, 4) is 0 Å². The van der Waals surface area contributed by atoms with E-state index in [1.54, 1.807) is 0 Å². The highest BCUT2D eigenvalue weighted by Gasteiger charge is 2.19. The first-order valence-electron chi connectivity index (χ1n) is 33.2. The van der Waals surface area contributed by atoms with E-state index in [2.05, 4.69) is 118 Å². The highest BCUT2D eigenvalue weighted by molar-refractivity contribution is 5.71. The van der Waals surface area contributed by atoms with E-state index in [0.29, 0.717) is 19.3 Å². The van der Waals surface area contributed by atoms with E-state index in [4.69, 9.17) is 14.2 Å². The van der Waals surface area contributed by atoms with Crippen LogP contribution in [-0.4, -0.2) is 37.2 Å². The average Bonchev–Trinajstić information content (AvgIpc) is 3.44. The largest absolute Gasteiger partial charge is 0.462 e. The Morgan fingerprint density at radius 3 is 0.795 bits per heavy atom. The third-order valence-corrected chi connectivity index (χ3v) is 14.3. The molecule has 0 aliphatic rings. The zero-order valence-corrected chi connectivity index (χ0v) is 51.4. The summed E-state index contributed by atoms with van der Waals surface area (Å²) in [5.41, 5.74) is 0. The number of unbranched alkanes of at least 4 members (excludes halogenated alkanes) is 33. The second kappa shape index (κ2) is 65.8. The Balaban J connectivity index is 4.36. The zero-order chi connectivity index (χ0) is 56.4. The maximum atomic E-state index is 12.9. The van der Waals surface area contributed by atoms with Crippen molar-refractivity contribution >= 4 is 17.9 Å². The van der Waals surface area contributed by atoms with E-state index in [1.807, 2.05) is 0 Å². The van der Waals surface area contributed by atoms with Crippen molar-refractivity contribution in [1.82, 2.24) is 0 Å². The third kappa shape index (κ3) is 63.2. The minimum Gasteiger partial charge on any atom is -0.462 e. The van der Waals surface area contributed by atoms with Gasteiger partial charge in [-0.2, -0.15) is 0 Å². The van der Waals surface area contributed by atoms with Crippen LogP contribution in [0.3, 0.4) is 0 Å². The van der Waals surface area contributed by atoms with Crippen LogP contribution in [0.5, 0.6) is 0 Å². The van der Waals surface area contributed by atoms with Crippen molar-refractivity contribution in [3.05, 3.63) is 97.2 Å². The molecular weight excluding hydrogens is 961 g/mol. The number of rotatable bonds is 60. The lowest BCUT2D eigenvalue weighted by molar-refractivity contribution is -0.167. The van der Waals surface area contributed by atoms with Crippen LogP contribution in [0.2, 0.25) is 0 Å². The minimum atomic E-state index is -0.788. The van der Waals surface area contributed by atoms with Crippen molar-refractivity contribution < 1.29 is 28.6 Å². The van der Waals surface area contributed by atoms with Crippen LogP contribution in [0, 0.1) is 0 Å². The Bertz CT molecular complexity index is 1530. The molecule has 0 amide bonds. The van der Waals surface area contributed by atoms with Gasteiger partial charge < -0.3 is 14.2 Å². The van der Waals surface area contributed by atoms with E-state index >= 15 is 0 Å². The standard InChI is InChI=1S/C72H124O6/c1-4-7-10-13-16-19-22-25-28-30-32-34-35-36-37-39-40-42-44-47-50-53-56-59-62-65-71(74)77-68-69(67-76-70(73)64-61-58-55-52-49-46-27-24-21-18-15-12-9-6-3)78-72(75)66-63-60-57-54-51-48-45-43-41-38-33-31-29-26-23-20-17-14-11-8-5-2/h7,10,16,19,23-28,31-34,36-37,69H,4-6,8-9,11-15,17-18,20-22,29-30,35,38-68H2,1-3H3/b10-7-,19-16-,26-23-,27-24-,28-25-,33-31-,34-32-,37-36-. The molecule has 78 heavy (non-hydrogen) atoms. The fourth-order valence-electron chi connectivity index (χ4n) is 9.32. The molecule has 0 aliphatic heterocycles. The zero-order valence-electron chi connectivity index (χ0n) is 51.4. The van der Waals surface area contributed by atoms with Crippen LogP contribution in [-0.2, 0) is 28.6 Å². The quantitative estimate of drug-likeness (QED) is 0.0261. The van der Waals surface area contributed by atoms with E-state index in [-0.39, 0.29) is 31.1 Å². The van der Waals surface area contributed by atoms with Crippen molar-refractivity contribution in [3.63, 3.8) is 0 Å². The molecule has 448 valence electrons. The number of carbonyl (C=O) groups is 3. The first kappa shape index (κ1) is 74.3. The topological polar surface area (TPSA) is 78.9 Å². The molecule has 0 aromatic rings. The number of allylic oxidation sites excluding steroid dienone is 16. The van der Waals surface area contributed by atoms with E-state index in [0.717, 1.165) is 109 Å². The highest BCUT2D eigenvalue weighted by Crippen LogP contribution is 2.16. The molecule has 1 atom stereocenters. The molecule has 0 bridgehead atoms. The van der Waals surface area contributed by atoms with Gasteiger partial charge in [-0.3, -0.25) is 14.4 Å². The second-order valence-corrected chi connectivity index (χ2v) is 22.0. The molecule has 0 saturated heterocycles. The number of ether oxygens (including phenoxy) is 3. The van der Waals surface area contributed by atoms with Gasteiger partial charge in [-0.15, -0.1) is 0 Å². The van der Waals surface area contributed by atoms with Gasteiger partial charge in [-0.1, -0.05) is 279 Å². The van der Waals surface area contributed by atoms with Crippen LogP contribution in [0.1, 0.15) is 323 Å². The molecule has 1 unspecified atom stereocenters. The van der Waals surface area contributed by atoms with E-state index in [1.165, 1.54) is 173 Å². The molecular formula is C72H124O6. The minimum absolute atomic E-state index is 0.0842. The van der Waals surface area contributed by atoms with Crippen LogP contribution in [0.4, 0.5) is 0 Å². The maximum Gasteiger partial charge on any atom is 0.306 e. The Morgan fingerprint density at radius 2 is 0.500 bits per heavy atom. The smallest absolute Gasteiger partial charge is 0.306 e. The van der Waals surface area contributed by atoms with Gasteiger partial charge in [0.2, 0.25) is 0 Å². The van der Waals surface area contributed by atoms with Crippen molar-refractivity contribution in [2.45, 2.75) is 329 Å². The Hall–Kier alpha value is -3.67. The molecule has 0 aliphatic carbocycles. The van der Waals surface area contributed by atoms with Gasteiger partial charge in [-0.05, 0) is 122 Å². The third-order valence-electron chi connectivity index (χ3n) is 14.3. The summed E-state index contributed by atoms with van der Waals surface area (Å²) in [5, 5.41) is 0. The molecule has 0 heterocycles. The predicted molar refractivity (Wildman–Crippen MR) is 339 cm³/mol. The van der Waals surface area contributed by atoms with Crippen molar-refractivity contribution in [1.29, 1.82) is 0 Å². The van der Waals surface area contributed by atoms with Crippen LogP contribution >= 0.6 is 0 Å². The second-order valence-electron chi connectivity index (χ2n) is 22.0. The van der Waals surface area contributed by atoms with E-state index < -0.39 is 6.10 Å². The fourth-order valence-corrected chi connectivity index (χ4v) is 9.32. The normalized spacial score (nSPS) is 12.7. The predicted octanol–water partition coefficient (Wildman–Crippen LogP) is 22.8. The van der Waals surface area contributed by atoms with Gasteiger partial charge in [-0.25, -0.2) is 0 Å². The van der Waals surface area contributed by atoms with Gasteiger partial charge in [0.05, 0.1) is 0 Å². The molecule has 0 aromatic heterocycles. The summed E-state index contributed by atoms with van der Waals surface area (Å²) in [4.78, 5) is 38.4. The molecule has 0 aromatic carbocycles. The first-order chi connectivity index (χ1) is 38.5. The van der Waals surface area contributed by atoms with Crippen LogP contribution in [0.15, 0.2) is 97.2 Å². The first-order valence-corrected chi connectivity index (χ1v) is 33.2. The van der Waals surface area contributed by atoms with Crippen molar-refractivity contribution in [2.75, 3.05) is 13.2 Å². The fraction of sp³-hybridized carbons (Fsp3) is 0.736. The summed E-state index contributed by atoms with van der Waals surface area (Å²) in [6.07, 6.45) is 88.4. The Labute approximate surface area is 483 Å². The summed E-state index contributed by atoms with van der Waals surface area (Å²) in [7, 11) is 0. The van der Waals surface area contributed by atoms with Gasteiger partial charge >= 0.3 is 17.9 Å². The highest BCUT2D eigenvalue weighted by atomic mass is 16.6. The molecule has 0 spiro atoms. The number of hydrogen-bond acceptors (Lipinski definition) is 6. The lowest BCUT2D eigenvalue weighted by Gasteiger charge is -2.18. The monoisotopic (exact) mass is 1080 g/mol. The van der Waals surface area contributed by atoms with Crippen molar-refractivity contribution in [2.24, 2.45) is 0 Å². The Morgan fingerprint density at radius 1 is 0.269 bits per heavy atom. The number of esters is 3. The average molecular weight is 1090 g/mol. The summed E-state index contributed by atoms with van der Waals surface area (Å²) >= 11 is 0. The number of carbonyl (C=O) groups excluding carboxylic acids is 3. The summed E-state index contributed by atoms with van der Waals surface area (Å²) in [6, 6.07) is 0. The van der Waals surface area contributed by atoms with Gasteiger partial charge in [0.15, 0.2) is 6.10 Å². The number of hydrogen-bond donors (Lipinski definition) is 0. The lowest BCUT2D eigenvalue weighted by Crippen LogP contribution is -2.30. The molecule has 0 saturated carbocycles. The summed E-state index contributed by atoms with van der Waals surface area (Å²) < 4.78 is 16.9. The molecule has 0 rings (SSSR count). The maximum absolute atomic E-state index is 12.9. The van der Waals surface area contributed by atoms with Crippen LogP contribution < -0.4 is 0 Å². The molecule has 6 nitrogen and oxygen atoms in total. The van der Waals surface area contributed by atoms with Gasteiger partial charge in [0.25, 0.3) is 0 Å². The van der Waals surface area contributed by atoms with Gasteiger partial charge in [0, 0.05) is 19.3 Å². The SMILES string of the molecule is CC/C=C\C/C=C\C/C=C\C/C=C\C/C=C\CCCCCCCCCCCC(=O)OCC(COC(=O)CCCCCCC/C=C\CCCCCCC)OC(=O)CCCCCCCCCCC/C=C\C/C=C\CCCCCCC.